The summed E-state index contributed by atoms with van der Waals surface area (Å²) in [5.41, 5.74) is 1.21. The van der Waals surface area contributed by atoms with Crippen LogP contribution in [0.2, 0.25) is 0 Å². The quantitative estimate of drug-likeness (QED) is 0.397. The molecule has 9 nitrogen and oxygen atoms in total. The van der Waals surface area contributed by atoms with E-state index in [1.165, 1.54) is 30.3 Å². The normalized spacial score (nSPS) is 14.6. The van der Waals surface area contributed by atoms with Gasteiger partial charge in [0.1, 0.15) is 12.3 Å². The average Bonchev–Trinajstić information content (AvgIpc) is 3.32. The molecule has 1 N–H and O–H groups in total. The number of aromatic amines is 1. The minimum absolute atomic E-state index is 0.0474. The number of nitrogens with one attached hydrogen (secondary N) is 1. The van der Waals surface area contributed by atoms with E-state index in [1.54, 1.807) is 26.8 Å². The van der Waals surface area contributed by atoms with E-state index < -0.39 is 29.4 Å². The van der Waals surface area contributed by atoms with Crippen molar-refractivity contribution in [2.24, 2.45) is 5.41 Å². The topological polar surface area (TPSA) is 122 Å². The maximum atomic E-state index is 13.1. The summed E-state index contributed by atoms with van der Waals surface area (Å²) in [5.74, 6) is -1.77. The fourth-order valence-electron chi connectivity index (χ4n) is 3.76. The SMILES string of the molecule is COC(=O)c1cc2c3c(cc(OC(=O)C(C)(C)C)c2[nH]1)N(C(=O)OCc1ccccc1)C=CC3C#N. The number of rotatable bonds is 4. The van der Waals surface area contributed by atoms with Gasteiger partial charge in [0.15, 0.2) is 5.75 Å². The molecule has 0 spiro atoms. The molecule has 184 valence electrons. The number of aromatic nitrogens is 1. The van der Waals surface area contributed by atoms with E-state index in [1.807, 2.05) is 30.3 Å². The van der Waals surface area contributed by atoms with Crippen LogP contribution in [0.15, 0.2) is 54.7 Å². The second kappa shape index (κ2) is 9.58. The highest BCUT2D eigenvalue weighted by Crippen LogP contribution is 2.44. The highest BCUT2D eigenvalue weighted by atomic mass is 16.6. The molecule has 0 radical (unpaired) electrons. The van der Waals surface area contributed by atoms with Crippen molar-refractivity contribution in [1.29, 1.82) is 5.26 Å². The first-order valence-electron chi connectivity index (χ1n) is 11.2. The minimum Gasteiger partial charge on any atom is -0.464 e. The lowest BCUT2D eigenvalue weighted by Gasteiger charge is -2.28. The molecule has 3 aromatic rings. The molecular formula is C27H25N3O6. The summed E-state index contributed by atoms with van der Waals surface area (Å²) in [6.45, 7) is 5.18. The van der Waals surface area contributed by atoms with E-state index in [0.29, 0.717) is 22.2 Å². The number of hydrogen-bond donors (Lipinski definition) is 1. The van der Waals surface area contributed by atoms with Crippen LogP contribution in [0.5, 0.6) is 5.75 Å². The molecule has 1 atom stereocenters. The number of carbonyl (C=O) groups is 3. The van der Waals surface area contributed by atoms with E-state index >= 15 is 0 Å². The zero-order chi connectivity index (χ0) is 26.0. The largest absolute Gasteiger partial charge is 0.464 e. The van der Waals surface area contributed by atoms with Crippen LogP contribution in [0.1, 0.15) is 48.3 Å². The van der Waals surface area contributed by atoms with Gasteiger partial charge in [-0.1, -0.05) is 30.3 Å². The summed E-state index contributed by atoms with van der Waals surface area (Å²) in [6.07, 6.45) is 2.35. The molecule has 2 heterocycles. The van der Waals surface area contributed by atoms with Crippen molar-refractivity contribution < 1.29 is 28.6 Å². The number of methoxy groups -OCH3 is 1. The number of H-pyrrole nitrogens is 1. The number of allylic oxidation sites excluding steroid dienone is 1. The molecule has 1 aromatic heterocycles. The van der Waals surface area contributed by atoms with Crippen LogP contribution in [-0.4, -0.2) is 30.1 Å². The first kappa shape index (κ1) is 24.5. The number of hydrogen-bond acceptors (Lipinski definition) is 7. The van der Waals surface area contributed by atoms with E-state index in [-0.39, 0.29) is 18.1 Å². The van der Waals surface area contributed by atoms with Gasteiger partial charge in [0, 0.05) is 23.2 Å². The maximum absolute atomic E-state index is 13.1. The standard InChI is InChI=1S/C27H25N3O6/c1-27(2,3)25(32)36-21-13-20-22(18-12-19(24(31)34-4)29-23(18)21)17(14-28)10-11-30(20)26(33)35-15-16-8-6-5-7-9-16/h5-13,17,29H,15H2,1-4H3. The Hall–Kier alpha value is -4.58. The number of nitrogens with zero attached hydrogens (tertiary/aromatic N) is 2. The molecule has 4 rings (SSSR count). The van der Waals surface area contributed by atoms with Crippen molar-refractivity contribution in [2.45, 2.75) is 33.3 Å². The first-order chi connectivity index (χ1) is 17.1. The molecule has 0 aliphatic carbocycles. The molecule has 1 aliphatic rings. The van der Waals surface area contributed by atoms with Gasteiger partial charge in [-0.05, 0) is 38.5 Å². The van der Waals surface area contributed by atoms with E-state index in [2.05, 4.69) is 11.1 Å². The Morgan fingerprint density at radius 1 is 1.14 bits per heavy atom. The minimum atomic E-state index is -0.816. The summed E-state index contributed by atoms with van der Waals surface area (Å²) in [7, 11) is 1.25. The second-order valence-corrected chi connectivity index (χ2v) is 9.27. The van der Waals surface area contributed by atoms with Crippen molar-refractivity contribution in [1.82, 2.24) is 4.98 Å². The summed E-state index contributed by atoms with van der Waals surface area (Å²) in [5, 5.41) is 10.3. The number of ether oxygens (including phenoxy) is 3. The van der Waals surface area contributed by atoms with Crippen molar-refractivity contribution in [3.63, 3.8) is 0 Å². The smallest absolute Gasteiger partial charge is 0.418 e. The number of anilines is 1. The molecule has 9 heteroatoms. The number of benzene rings is 2. The molecular weight excluding hydrogens is 462 g/mol. The highest BCUT2D eigenvalue weighted by Gasteiger charge is 2.32. The predicted molar refractivity (Wildman–Crippen MR) is 131 cm³/mol. The zero-order valence-corrected chi connectivity index (χ0v) is 20.3. The molecule has 0 fully saturated rings. The highest BCUT2D eigenvalue weighted by molar-refractivity contribution is 6.05. The first-order valence-corrected chi connectivity index (χ1v) is 11.2. The van der Waals surface area contributed by atoms with Crippen LogP contribution in [0.4, 0.5) is 10.5 Å². The Labute approximate surface area is 207 Å². The van der Waals surface area contributed by atoms with E-state index in [0.717, 1.165) is 5.56 Å². The van der Waals surface area contributed by atoms with Crippen LogP contribution in [0.25, 0.3) is 10.9 Å². The fraction of sp³-hybridized carbons (Fsp3) is 0.259. The van der Waals surface area contributed by atoms with Gasteiger partial charge in [-0.15, -0.1) is 0 Å². The third-order valence-corrected chi connectivity index (χ3v) is 5.66. The van der Waals surface area contributed by atoms with Crippen LogP contribution < -0.4 is 9.64 Å². The van der Waals surface area contributed by atoms with Crippen LogP contribution in [0, 0.1) is 16.7 Å². The molecule has 1 amide bonds. The van der Waals surface area contributed by atoms with Crippen LogP contribution in [0.3, 0.4) is 0 Å². The summed E-state index contributed by atoms with van der Waals surface area (Å²) in [4.78, 5) is 42.3. The number of amides is 1. The van der Waals surface area contributed by atoms with Gasteiger partial charge in [-0.25, -0.2) is 9.59 Å². The molecule has 0 bridgehead atoms. The molecule has 1 unspecified atom stereocenters. The Bertz CT molecular complexity index is 1410. The van der Waals surface area contributed by atoms with Gasteiger partial charge in [0.25, 0.3) is 0 Å². The lowest BCUT2D eigenvalue weighted by Crippen LogP contribution is -2.30. The molecule has 1 aliphatic heterocycles. The lowest BCUT2D eigenvalue weighted by molar-refractivity contribution is -0.142. The number of esters is 2. The maximum Gasteiger partial charge on any atom is 0.418 e. The Morgan fingerprint density at radius 2 is 1.86 bits per heavy atom. The van der Waals surface area contributed by atoms with Gasteiger partial charge in [-0.2, -0.15) is 5.26 Å². The van der Waals surface area contributed by atoms with Gasteiger partial charge in [0.2, 0.25) is 0 Å². The molecule has 0 saturated carbocycles. The molecule has 2 aromatic carbocycles. The fourth-order valence-corrected chi connectivity index (χ4v) is 3.76. The monoisotopic (exact) mass is 487 g/mol. The van der Waals surface area contributed by atoms with E-state index in [9.17, 15) is 19.6 Å². The van der Waals surface area contributed by atoms with E-state index in [4.69, 9.17) is 14.2 Å². The van der Waals surface area contributed by atoms with Gasteiger partial charge >= 0.3 is 18.0 Å². The predicted octanol–water partition coefficient (Wildman–Crippen LogP) is 5.18. The Morgan fingerprint density at radius 3 is 2.50 bits per heavy atom. The van der Waals surface area contributed by atoms with Crippen molar-refractivity contribution >= 4 is 34.6 Å². The summed E-state index contributed by atoms with van der Waals surface area (Å²) < 4.78 is 16.0. The Kier molecular flexibility index (Phi) is 6.53. The van der Waals surface area contributed by atoms with Crippen molar-refractivity contribution in [2.75, 3.05) is 12.0 Å². The third kappa shape index (κ3) is 4.66. The van der Waals surface area contributed by atoms with Gasteiger partial charge in [-0.3, -0.25) is 9.69 Å². The lowest BCUT2D eigenvalue weighted by atomic mass is 9.91. The van der Waals surface area contributed by atoms with Crippen molar-refractivity contribution in [3.05, 3.63) is 71.6 Å². The van der Waals surface area contributed by atoms with Gasteiger partial charge < -0.3 is 19.2 Å². The average molecular weight is 488 g/mol. The zero-order valence-electron chi connectivity index (χ0n) is 20.3. The van der Waals surface area contributed by atoms with Crippen LogP contribution in [-0.2, 0) is 20.9 Å². The third-order valence-electron chi connectivity index (χ3n) is 5.66. The van der Waals surface area contributed by atoms with Gasteiger partial charge in [0.05, 0.1) is 35.7 Å². The molecule has 0 saturated heterocycles. The van der Waals surface area contributed by atoms with Crippen LogP contribution >= 0.6 is 0 Å². The number of fused-ring (bicyclic) bond motifs is 3. The number of nitriles is 1. The molecule has 36 heavy (non-hydrogen) atoms. The second-order valence-electron chi connectivity index (χ2n) is 9.27. The van der Waals surface area contributed by atoms with Crippen molar-refractivity contribution in [3.8, 4) is 11.8 Å². The Balaban J connectivity index is 1.83. The summed E-state index contributed by atoms with van der Waals surface area (Å²) in [6, 6.07) is 14.4. The summed E-state index contributed by atoms with van der Waals surface area (Å²) >= 11 is 0. The number of carbonyl (C=O) groups excluding carboxylic acids is 3.